The first-order valence-electron chi connectivity index (χ1n) is 11.1. The SMILES string of the molecule is Cc1ccnc(N2CCC[C@H](C(=O)NCCN3CCN(c4ccccc4F)CC3)C2)n1. The van der Waals surface area contributed by atoms with Gasteiger partial charge >= 0.3 is 0 Å². The molecule has 0 saturated carbocycles. The predicted octanol–water partition coefficient (Wildman–Crippen LogP) is 2.08. The van der Waals surface area contributed by atoms with Gasteiger partial charge in [0.05, 0.1) is 11.6 Å². The topological polar surface area (TPSA) is 64.6 Å². The Balaban J connectivity index is 1.20. The van der Waals surface area contributed by atoms with Gasteiger partial charge in [-0.25, -0.2) is 14.4 Å². The number of nitrogens with zero attached hydrogens (tertiary/aromatic N) is 5. The average molecular weight is 427 g/mol. The summed E-state index contributed by atoms with van der Waals surface area (Å²) < 4.78 is 14.0. The molecule has 2 aromatic rings. The monoisotopic (exact) mass is 426 g/mol. The fourth-order valence-corrected chi connectivity index (χ4v) is 4.36. The number of nitrogens with one attached hydrogen (secondary N) is 1. The molecule has 0 aliphatic carbocycles. The zero-order chi connectivity index (χ0) is 21.6. The zero-order valence-electron chi connectivity index (χ0n) is 18.1. The number of anilines is 2. The Labute approximate surface area is 183 Å². The van der Waals surface area contributed by atoms with Crippen LogP contribution in [0.3, 0.4) is 0 Å². The first-order valence-corrected chi connectivity index (χ1v) is 11.1. The molecule has 31 heavy (non-hydrogen) atoms. The van der Waals surface area contributed by atoms with Gasteiger partial charge in [-0.2, -0.15) is 0 Å². The quantitative estimate of drug-likeness (QED) is 0.763. The van der Waals surface area contributed by atoms with Crippen molar-refractivity contribution in [1.82, 2.24) is 20.2 Å². The lowest BCUT2D eigenvalue weighted by molar-refractivity contribution is -0.125. The van der Waals surface area contributed by atoms with Crippen LogP contribution in [0.4, 0.5) is 16.0 Å². The number of para-hydroxylation sites is 1. The highest BCUT2D eigenvalue weighted by atomic mass is 19.1. The van der Waals surface area contributed by atoms with Crippen molar-refractivity contribution in [3.63, 3.8) is 0 Å². The zero-order valence-corrected chi connectivity index (χ0v) is 18.1. The summed E-state index contributed by atoms with van der Waals surface area (Å²) in [5.74, 6) is 0.629. The number of hydrogen-bond donors (Lipinski definition) is 1. The van der Waals surface area contributed by atoms with Gasteiger partial charge in [0.15, 0.2) is 0 Å². The van der Waals surface area contributed by atoms with Crippen LogP contribution in [0.2, 0.25) is 0 Å². The Hall–Kier alpha value is -2.74. The van der Waals surface area contributed by atoms with Crippen molar-refractivity contribution in [2.75, 3.05) is 62.2 Å². The molecule has 3 heterocycles. The van der Waals surface area contributed by atoms with Crippen LogP contribution in [0.15, 0.2) is 36.5 Å². The van der Waals surface area contributed by atoms with Crippen LogP contribution in [-0.4, -0.2) is 73.1 Å². The maximum Gasteiger partial charge on any atom is 0.225 e. The number of aryl methyl sites for hydroxylation is 1. The van der Waals surface area contributed by atoms with E-state index in [0.717, 1.165) is 57.8 Å². The number of aromatic nitrogens is 2. The smallest absolute Gasteiger partial charge is 0.225 e. The third kappa shape index (κ3) is 5.50. The van der Waals surface area contributed by atoms with Crippen molar-refractivity contribution in [3.8, 4) is 0 Å². The van der Waals surface area contributed by atoms with Gasteiger partial charge in [0, 0.05) is 64.2 Å². The molecule has 7 nitrogen and oxygen atoms in total. The Kier molecular flexibility index (Phi) is 6.96. The van der Waals surface area contributed by atoms with Crippen molar-refractivity contribution in [2.24, 2.45) is 5.92 Å². The number of carbonyl (C=O) groups excluding carboxylic acids is 1. The van der Waals surface area contributed by atoms with Crippen LogP contribution in [0.5, 0.6) is 0 Å². The highest BCUT2D eigenvalue weighted by Gasteiger charge is 2.27. The number of rotatable bonds is 6. The minimum absolute atomic E-state index is 0.0317. The Morgan fingerprint density at radius 2 is 1.94 bits per heavy atom. The lowest BCUT2D eigenvalue weighted by Crippen LogP contribution is -2.49. The van der Waals surface area contributed by atoms with E-state index in [0.29, 0.717) is 24.7 Å². The number of carbonyl (C=O) groups is 1. The first-order chi connectivity index (χ1) is 15.1. The van der Waals surface area contributed by atoms with E-state index in [4.69, 9.17) is 0 Å². The summed E-state index contributed by atoms with van der Waals surface area (Å²) in [4.78, 5) is 28.1. The molecule has 1 amide bonds. The van der Waals surface area contributed by atoms with Crippen LogP contribution in [-0.2, 0) is 4.79 Å². The average Bonchev–Trinajstić information content (AvgIpc) is 2.80. The number of hydrogen-bond acceptors (Lipinski definition) is 6. The number of piperidine rings is 1. The van der Waals surface area contributed by atoms with Crippen LogP contribution in [0.1, 0.15) is 18.5 Å². The van der Waals surface area contributed by atoms with E-state index in [9.17, 15) is 9.18 Å². The van der Waals surface area contributed by atoms with Gasteiger partial charge in [-0.05, 0) is 38.0 Å². The minimum atomic E-state index is -0.166. The van der Waals surface area contributed by atoms with Crippen LogP contribution in [0, 0.1) is 18.7 Å². The molecule has 0 spiro atoms. The molecule has 0 unspecified atom stereocenters. The van der Waals surface area contributed by atoms with E-state index in [2.05, 4.69) is 30.0 Å². The second-order valence-corrected chi connectivity index (χ2v) is 8.35. The van der Waals surface area contributed by atoms with Gasteiger partial charge in [0.1, 0.15) is 5.82 Å². The molecule has 0 bridgehead atoms. The van der Waals surface area contributed by atoms with Crippen molar-refractivity contribution in [3.05, 3.63) is 48.0 Å². The highest BCUT2D eigenvalue weighted by molar-refractivity contribution is 5.79. The van der Waals surface area contributed by atoms with Gasteiger partial charge in [0.25, 0.3) is 0 Å². The molecular formula is C23H31FN6O. The molecule has 2 aliphatic rings. The standard InChI is InChI=1S/C23H31FN6O/c1-18-8-9-26-23(27-18)30-11-4-5-19(17-30)22(31)25-10-12-28-13-15-29(16-14-28)21-7-3-2-6-20(21)24/h2-3,6-9,19H,4-5,10-17H2,1H3,(H,25,31)/t19-/m0/s1. The maximum absolute atomic E-state index is 14.0. The number of benzene rings is 1. The normalized spacial score (nSPS) is 20.0. The lowest BCUT2D eigenvalue weighted by atomic mass is 9.97. The van der Waals surface area contributed by atoms with Gasteiger partial charge in [-0.1, -0.05) is 12.1 Å². The fourth-order valence-electron chi connectivity index (χ4n) is 4.36. The van der Waals surface area contributed by atoms with E-state index >= 15 is 0 Å². The van der Waals surface area contributed by atoms with E-state index in [1.165, 1.54) is 6.07 Å². The molecule has 4 rings (SSSR count). The Bertz CT molecular complexity index is 886. The third-order valence-corrected chi connectivity index (χ3v) is 6.15. The number of piperazine rings is 1. The van der Waals surface area contributed by atoms with E-state index in [-0.39, 0.29) is 17.6 Å². The maximum atomic E-state index is 14.0. The summed E-state index contributed by atoms with van der Waals surface area (Å²) in [7, 11) is 0. The molecule has 2 fully saturated rings. The molecule has 2 aliphatic heterocycles. The van der Waals surface area contributed by atoms with Gasteiger partial charge in [-0.15, -0.1) is 0 Å². The molecule has 166 valence electrons. The van der Waals surface area contributed by atoms with E-state index < -0.39 is 0 Å². The highest BCUT2D eigenvalue weighted by Crippen LogP contribution is 2.21. The summed E-state index contributed by atoms with van der Waals surface area (Å²) in [5.41, 5.74) is 1.61. The Morgan fingerprint density at radius 3 is 2.71 bits per heavy atom. The van der Waals surface area contributed by atoms with Crippen molar-refractivity contribution >= 4 is 17.5 Å². The van der Waals surface area contributed by atoms with Gasteiger partial charge < -0.3 is 15.1 Å². The lowest BCUT2D eigenvalue weighted by Gasteiger charge is -2.36. The molecule has 1 aromatic carbocycles. The second-order valence-electron chi connectivity index (χ2n) is 8.35. The second kappa shape index (κ2) is 10.0. The molecule has 8 heteroatoms. The summed E-state index contributed by atoms with van der Waals surface area (Å²) in [6, 6.07) is 8.82. The Morgan fingerprint density at radius 1 is 1.13 bits per heavy atom. The summed E-state index contributed by atoms with van der Waals surface area (Å²) in [6.07, 6.45) is 3.64. The molecule has 1 aromatic heterocycles. The van der Waals surface area contributed by atoms with Crippen LogP contribution >= 0.6 is 0 Å². The van der Waals surface area contributed by atoms with Crippen LogP contribution in [0.25, 0.3) is 0 Å². The molecule has 1 atom stereocenters. The van der Waals surface area contributed by atoms with E-state index in [1.807, 2.05) is 25.1 Å². The number of halogens is 1. The third-order valence-electron chi connectivity index (χ3n) is 6.15. The van der Waals surface area contributed by atoms with Gasteiger partial charge in [0.2, 0.25) is 11.9 Å². The first kappa shape index (κ1) is 21.5. The van der Waals surface area contributed by atoms with Gasteiger partial charge in [-0.3, -0.25) is 9.69 Å². The minimum Gasteiger partial charge on any atom is -0.367 e. The largest absolute Gasteiger partial charge is 0.367 e. The summed E-state index contributed by atoms with van der Waals surface area (Å²) >= 11 is 0. The number of amides is 1. The summed E-state index contributed by atoms with van der Waals surface area (Å²) in [6.45, 7) is 8.28. The molecule has 0 radical (unpaired) electrons. The molecule has 1 N–H and O–H groups in total. The predicted molar refractivity (Wildman–Crippen MR) is 120 cm³/mol. The van der Waals surface area contributed by atoms with E-state index in [1.54, 1.807) is 12.3 Å². The van der Waals surface area contributed by atoms with Crippen molar-refractivity contribution in [1.29, 1.82) is 0 Å². The molecular weight excluding hydrogens is 395 g/mol. The summed E-state index contributed by atoms with van der Waals surface area (Å²) in [5, 5.41) is 3.11. The fraction of sp³-hybridized carbons (Fsp3) is 0.522. The van der Waals surface area contributed by atoms with Crippen molar-refractivity contribution < 1.29 is 9.18 Å². The van der Waals surface area contributed by atoms with Crippen LogP contribution < -0.4 is 15.1 Å². The van der Waals surface area contributed by atoms with Crippen molar-refractivity contribution in [2.45, 2.75) is 19.8 Å². The molecule has 2 saturated heterocycles.